The molecule has 4 rings (SSSR count). The van der Waals surface area contributed by atoms with Gasteiger partial charge in [0, 0.05) is 11.5 Å². The molecule has 0 unspecified atom stereocenters. The third kappa shape index (κ3) is 4.21. The molecule has 2 fully saturated rings. The highest BCUT2D eigenvalue weighted by Crippen LogP contribution is 2.50. The van der Waals surface area contributed by atoms with Crippen molar-refractivity contribution in [1.82, 2.24) is 5.32 Å². The van der Waals surface area contributed by atoms with E-state index in [-0.39, 0.29) is 17.7 Å². The Kier molecular flexibility index (Phi) is 5.44. The monoisotopic (exact) mass is 407 g/mol. The van der Waals surface area contributed by atoms with Gasteiger partial charge in [-0.25, -0.2) is 0 Å². The molecular weight excluding hydrogens is 383 g/mol. The van der Waals surface area contributed by atoms with Gasteiger partial charge in [0.2, 0.25) is 0 Å². The van der Waals surface area contributed by atoms with Crippen molar-refractivity contribution < 1.29 is 27.4 Å². The second-order valence-electron chi connectivity index (χ2n) is 7.63. The number of hydrogen-bond acceptors (Lipinski definition) is 4. The topological polar surface area (TPSA) is 39.7 Å². The molecule has 29 heavy (non-hydrogen) atoms. The van der Waals surface area contributed by atoms with Gasteiger partial charge in [0.15, 0.2) is 0 Å². The van der Waals surface area contributed by atoms with E-state index in [1.54, 1.807) is 0 Å². The maximum absolute atomic E-state index is 12.7. The number of nitrogens with one attached hydrogen (secondary N) is 1. The van der Waals surface area contributed by atoms with E-state index >= 15 is 0 Å². The SMILES string of the molecule is COc1ccc(OC(F)(F)F)cc1[C@H]1CO[C@]2(CCCN[C@H]2c2ccccc2)C1. The predicted octanol–water partition coefficient (Wildman–Crippen LogP) is 4.96. The molecule has 2 aliphatic rings. The summed E-state index contributed by atoms with van der Waals surface area (Å²) >= 11 is 0. The number of benzene rings is 2. The van der Waals surface area contributed by atoms with Gasteiger partial charge in [0.25, 0.3) is 0 Å². The Morgan fingerprint density at radius 2 is 1.93 bits per heavy atom. The van der Waals surface area contributed by atoms with Crippen molar-refractivity contribution in [2.75, 3.05) is 20.3 Å². The average Bonchev–Trinajstić information content (AvgIpc) is 3.12. The number of methoxy groups -OCH3 is 1. The molecular formula is C22H24F3NO3. The number of ether oxygens (including phenoxy) is 3. The molecule has 1 spiro atoms. The van der Waals surface area contributed by atoms with Gasteiger partial charge in [-0.05, 0) is 49.6 Å². The summed E-state index contributed by atoms with van der Waals surface area (Å²) in [6, 6.07) is 14.4. The van der Waals surface area contributed by atoms with Crippen molar-refractivity contribution in [3.05, 3.63) is 59.7 Å². The van der Waals surface area contributed by atoms with E-state index in [1.165, 1.54) is 25.3 Å². The molecule has 0 saturated carbocycles. The molecule has 2 saturated heterocycles. The van der Waals surface area contributed by atoms with Crippen molar-refractivity contribution in [3.8, 4) is 11.5 Å². The third-order valence-electron chi connectivity index (χ3n) is 5.82. The smallest absolute Gasteiger partial charge is 0.496 e. The van der Waals surface area contributed by atoms with E-state index in [0.29, 0.717) is 24.3 Å². The Morgan fingerprint density at radius 3 is 2.66 bits per heavy atom. The first-order valence-electron chi connectivity index (χ1n) is 9.76. The summed E-state index contributed by atoms with van der Waals surface area (Å²) in [6.07, 6.45) is -2.14. The Hall–Kier alpha value is -2.25. The quantitative estimate of drug-likeness (QED) is 0.778. The van der Waals surface area contributed by atoms with E-state index in [1.807, 2.05) is 18.2 Å². The molecule has 2 aromatic rings. The zero-order valence-electron chi connectivity index (χ0n) is 16.2. The van der Waals surface area contributed by atoms with Gasteiger partial charge in [-0.15, -0.1) is 13.2 Å². The first-order valence-corrected chi connectivity index (χ1v) is 9.76. The summed E-state index contributed by atoms with van der Waals surface area (Å²) in [5.41, 5.74) is 1.45. The van der Waals surface area contributed by atoms with E-state index < -0.39 is 12.0 Å². The molecule has 2 aromatic carbocycles. The molecule has 0 aliphatic carbocycles. The highest BCUT2D eigenvalue weighted by molar-refractivity contribution is 5.43. The molecule has 156 valence electrons. The van der Waals surface area contributed by atoms with E-state index in [0.717, 1.165) is 24.9 Å². The molecule has 0 aromatic heterocycles. The van der Waals surface area contributed by atoms with E-state index in [9.17, 15) is 13.2 Å². The van der Waals surface area contributed by atoms with Crippen molar-refractivity contribution in [2.24, 2.45) is 0 Å². The van der Waals surface area contributed by atoms with Crippen molar-refractivity contribution in [1.29, 1.82) is 0 Å². The van der Waals surface area contributed by atoms with Gasteiger partial charge in [0.1, 0.15) is 11.5 Å². The standard InChI is InChI=1S/C22H24F3NO3/c1-27-19-9-8-17(29-22(23,24)25)12-18(19)16-13-21(28-14-16)10-5-11-26-20(21)15-6-3-2-4-7-15/h2-4,6-9,12,16,20,26H,5,10-11,13-14H2,1H3/t16-,20+,21-/m1/s1. The van der Waals surface area contributed by atoms with Gasteiger partial charge in [-0.1, -0.05) is 30.3 Å². The molecule has 4 nitrogen and oxygen atoms in total. The predicted molar refractivity (Wildman–Crippen MR) is 102 cm³/mol. The lowest BCUT2D eigenvalue weighted by atomic mass is 9.77. The summed E-state index contributed by atoms with van der Waals surface area (Å²) in [7, 11) is 1.52. The first kappa shape index (κ1) is 20.0. The van der Waals surface area contributed by atoms with Crippen molar-refractivity contribution in [2.45, 2.75) is 43.2 Å². The normalized spacial score (nSPS) is 27.2. The van der Waals surface area contributed by atoms with Crippen LogP contribution in [0.4, 0.5) is 13.2 Å². The lowest BCUT2D eigenvalue weighted by Crippen LogP contribution is -2.48. The summed E-state index contributed by atoms with van der Waals surface area (Å²) in [4.78, 5) is 0. The van der Waals surface area contributed by atoms with E-state index in [2.05, 4.69) is 22.2 Å². The minimum atomic E-state index is -4.73. The fourth-order valence-corrected chi connectivity index (χ4v) is 4.64. The summed E-state index contributed by atoms with van der Waals surface area (Å²) in [5, 5.41) is 3.58. The second-order valence-corrected chi connectivity index (χ2v) is 7.63. The van der Waals surface area contributed by atoms with Crippen LogP contribution < -0.4 is 14.8 Å². The number of piperidine rings is 1. The van der Waals surface area contributed by atoms with Crippen LogP contribution in [-0.2, 0) is 4.74 Å². The van der Waals surface area contributed by atoms with Gasteiger partial charge < -0.3 is 19.5 Å². The lowest BCUT2D eigenvalue weighted by molar-refractivity contribution is -0.274. The minimum absolute atomic E-state index is 0.0445. The van der Waals surface area contributed by atoms with Gasteiger partial charge in [0.05, 0.1) is 25.4 Å². The maximum atomic E-state index is 12.7. The Labute approximate surface area is 168 Å². The van der Waals surface area contributed by atoms with Gasteiger partial charge >= 0.3 is 6.36 Å². The summed E-state index contributed by atoms with van der Waals surface area (Å²) < 4.78 is 53.9. The number of rotatable bonds is 4. The highest BCUT2D eigenvalue weighted by Gasteiger charge is 2.49. The molecule has 1 N–H and O–H groups in total. The van der Waals surface area contributed by atoms with Crippen LogP contribution >= 0.6 is 0 Å². The van der Waals surface area contributed by atoms with Crippen LogP contribution in [0.2, 0.25) is 0 Å². The van der Waals surface area contributed by atoms with Crippen LogP contribution in [0.25, 0.3) is 0 Å². The molecule has 2 heterocycles. The Morgan fingerprint density at radius 1 is 1.14 bits per heavy atom. The fraction of sp³-hybridized carbons (Fsp3) is 0.455. The summed E-state index contributed by atoms with van der Waals surface area (Å²) in [5.74, 6) is 0.230. The number of hydrogen-bond donors (Lipinski definition) is 1. The van der Waals surface area contributed by atoms with Crippen LogP contribution in [0.15, 0.2) is 48.5 Å². The number of halogens is 3. The zero-order chi connectivity index (χ0) is 20.5. The Balaban J connectivity index is 1.62. The van der Waals surface area contributed by atoms with Crippen molar-refractivity contribution in [3.63, 3.8) is 0 Å². The fourth-order valence-electron chi connectivity index (χ4n) is 4.64. The molecule has 7 heteroatoms. The van der Waals surface area contributed by atoms with Crippen LogP contribution in [0.1, 0.15) is 42.3 Å². The number of alkyl halides is 3. The average molecular weight is 407 g/mol. The Bertz CT molecular complexity index is 843. The van der Waals surface area contributed by atoms with Crippen LogP contribution in [0.5, 0.6) is 11.5 Å². The zero-order valence-corrected chi connectivity index (χ0v) is 16.2. The largest absolute Gasteiger partial charge is 0.573 e. The lowest BCUT2D eigenvalue weighted by Gasteiger charge is -2.41. The summed E-state index contributed by atoms with van der Waals surface area (Å²) in [6.45, 7) is 1.34. The van der Waals surface area contributed by atoms with Gasteiger partial charge in [-0.3, -0.25) is 0 Å². The molecule has 0 radical (unpaired) electrons. The van der Waals surface area contributed by atoms with Crippen molar-refractivity contribution >= 4 is 0 Å². The molecule has 2 aliphatic heterocycles. The maximum Gasteiger partial charge on any atom is 0.573 e. The second kappa shape index (κ2) is 7.88. The van der Waals surface area contributed by atoms with Crippen LogP contribution in [0, 0.1) is 0 Å². The molecule has 3 atom stereocenters. The van der Waals surface area contributed by atoms with Crippen LogP contribution in [-0.4, -0.2) is 32.2 Å². The molecule has 0 bridgehead atoms. The highest BCUT2D eigenvalue weighted by atomic mass is 19.4. The van der Waals surface area contributed by atoms with Gasteiger partial charge in [-0.2, -0.15) is 0 Å². The van der Waals surface area contributed by atoms with Crippen LogP contribution in [0.3, 0.4) is 0 Å². The van der Waals surface area contributed by atoms with E-state index in [4.69, 9.17) is 9.47 Å². The third-order valence-corrected chi connectivity index (χ3v) is 5.82. The first-order chi connectivity index (χ1) is 13.9. The minimum Gasteiger partial charge on any atom is -0.496 e. The molecule has 0 amide bonds.